The van der Waals surface area contributed by atoms with Gasteiger partial charge < -0.3 is 23.7 Å². The van der Waals surface area contributed by atoms with Crippen LogP contribution in [-0.4, -0.2) is 50.6 Å². The number of ether oxygens (including phenoxy) is 5. The highest BCUT2D eigenvalue weighted by Crippen LogP contribution is 2.24. The van der Waals surface area contributed by atoms with Crippen LogP contribution >= 0.6 is 0 Å². The lowest BCUT2D eigenvalue weighted by Gasteiger charge is -2.07. The van der Waals surface area contributed by atoms with Crippen LogP contribution in [0.15, 0.2) is 103 Å². The SMILES string of the molecule is C=CC(=O)OCCCCOc1ccc(C=Nc2ccc(OC(=O)/C=C/c3ccc(OCCCCOC(=O)C=C)cc3)c(C)c2)cc1. The first-order valence-corrected chi connectivity index (χ1v) is 14.9. The number of esters is 3. The van der Waals surface area contributed by atoms with E-state index in [9.17, 15) is 14.4 Å². The van der Waals surface area contributed by atoms with Crippen LogP contribution in [-0.2, 0) is 23.9 Å². The van der Waals surface area contributed by atoms with Gasteiger partial charge in [-0.05, 0) is 110 Å². The largest absolute Gasteiger partial charge is 0.494 e. The molecule has 0 fully saturated rings. The van der Waals surface area contributed by atoms with Crippen LogP contribution in [0.1, 0.15) is 42.4 Å². The Labute approximate surface area is 269 Å². The molecule has 9 heteroatoms. The average molecular weight is 626 g/mol. The van der Waals surface area contributed by atoms with Crippen molar-refractivity contribution in [2.45, 2.75) is 32.6 Å². The van der Waals surface area contributed by atoms with Gasteiger partial charge in [-0.3, -0.25) is 4.99 Å². The second-order valence-corrected chi connectivity index (χ2v) is 9.95. The first kappa shape index (κ1) is 35.0. The highest BCUT2D eigenvalue weighted by atomic mass is 16.5. The third-order valence-corrected chi connectivity index (χ3v) is 6.34. The molecule has 0 atom stereocenters. The number of nitrogens with zero attached hydrogens (tertiary/aromatic N) is 1. The van der Waals surface area contributed by atoms with Crippen molar-refractivity contribution in [2.24, 2.45) is 4.99 Å². The predicted octanol–water partition coefficient (Wildman–Crippen LogP) is 7.14. The van der Waals surface area contributed by atoms with Crippen molar-refractivity contribution in [1.29, 1.82) is 0 Å². The van der Waals surface area contributed by atoms with Crippen molar-refractivity contribution in [2.75, 3.05) is 26.4 Å². The number of rotatable bonds is 19. The molecule has 0 N–H and O–H groups in total. The summed E-state index contributed by atoms with van der Waals surface area (Å²) in [4.78, 5) is 39.0. The lowest BCUT2D eigenvalue weighted by Crippen LogP contribution is -2.05. The molecule has 3 rings (SSSR count). The Balaban J connectivity index is 1.39. The fourth-order valence-corrected chi connectivity index (χ4v) is 3.86. The highest BCUT2D eigenvalue weighted by Gasteiger charge is 2.06. The van der Waals surface area contributed by atoms with Crippen LogP contribution in [0, 0.1) is 6.92 Å². The first-order valence-electron chi connectivity index (χ1n) is 14.9. The summed E-state index contributed by atoms with van der Waals surface area (Å²) in [7, 11) is 0. The van der Waals surface area contributed by atoms with E-state index in [1.165, 1.54) is 6.08 Å². The first-order chi connectivity index (χ1) is 22.4. The molecule has 3 aromatic rings. The second kappa shape index (κ2) is 19.8. The van der Waals surface area contributed by atoms with Gasteiger partial charge in [-0.2, -0.15) is 0 Å². The average Bonchev–Trinajstić information content (AvgIpc) is 3.07. The zero-order chi connectivity index (χ0) is 33.0. The number of carbonyl (C=O) groups is 3. The number of benzene rings is 3. The molecule has 240 valence electrons. The van der Waals surface area contributed by atoms with Gasteiger partial charge in [0.15, 0.2) is 0 Å². The van der Waals surface area contributed by atoms with Crippen molar-refractivity contribution in [3.05, 3.63) is 115 Å². The maximum absolute atomic E-state index is 12.4. The molecule has 0 radical (unpaired) electrons. The maximum Gasteiger partial charge on any atom is 0.336 e. The lowest BCUT2D eigenvalue weighted by molar-refractivity contribution is -0.138. The Bertz CT molecular complexity index is 1510. The van der Waals surface area contributed by atoms with Crippen molar-refractivity contribution in [1.82, 2.24) is 0 Å². The van der Waals surface area contributed by atoms with E-state index in [4.69, 9.17) is 23.7 Å². The van der Waals surface area contributed by atoms with Gasteiger partial charge in [0.25, 0.3) is 0 Å². The van der Waals surface area contributed by atoms with Gasteiger partial charge in [0.05, 0.1) is 32.1 Å². The predicted molar refractivity (Wildman–Crippen MR) is 178 cm³/mol. The summed E-state index contributed by atoms with van der Waals surface area (Å²) >= 11 is 0. The van der Waals surface area contributed by atoms with Crippen LogP contribution in [0.25, 0.3) is 6.08 Å². The van der Waals surface area contributed by atoms with Crippen LogP contribution in [0.2, 0.25) is 0 Å². The Morgan fingerprint density at radius 2 is 1.20 bits per heavy atom. The van der Waals surface area contributed by atoms with E-state index in [1.807, 2.05) is 61.5 Å². The summed E-state index contributed by atoms with van der Waals surface area (Å²) in [6.07, 6.45) is 10.0. The molecular weight excluding hydrogens is 586 g/mol. The minimum Gasteiger partial charge on any atom is -0.494 e. The topological polar surface area (TPSA) is 110 Å². The molecule has 46 heavy (non-hydrogen) atoms. The Morgan fingerprint density at radius 1 is 0.674 bits per heavy atom. The van der Waals surface area contributed by atoms with Crippen molar-refractivity contribution < 1.29 is 38.1 Å². The molecule has 9 nitrogen and oxygen atoms in total. The van der Waals surface area contributed by atoms with Gasteiger partial charge in [-0.25, -0.2) is 14.4 Å². The normalized spacial score (nSPS) is 10.8. The van der Waals surface area contributed by atoms with Crippen molar-refractivity contribution in [3.63, 3.8) is 0 Å². The van der Waals surface area contributed by atoms with E-state index in [2.05, 4.69) is 18.2 Å². The molecule has 0 unspecified atom stereocenters. The third-order valence-electron chi connectivity index (χ3n) is 6.34. The van der Waals surface area contributed by atoms with E-state index in [0.717, 1.165) is 53.1 Å². The summed E-state index contributed by atoms with van der Waals surface area (Å²) in [5.74, 6) is 0.578. The van der Waals surface area contributed by atoms with E-state index in [1.54, 1.807) is 24.4 Å². The third kappa shape index (κ3) is 13.5. The van der Waals surface area contributed by atoms with Crippen LogP contribution < -0.4 is 14.2 Å². The number of hydrogen-bond donors (Lipinski definition) is 0. The fourth-order valence-electron chi connectivity index (χ4n) is 3.86. The summed E-state index contributed by atoms with van der Waals surface area (Å²) in [5, 5.41) is 0. The molecule has 0 spiro atoms. The van der Waals surface area contributed by atoms with Gasteiger partial charge >= 0.3 is 17.9 Å². The Hall–Kier alpha value is -5.44. The number of aliphatic imine (C=N–C) groups is 1. The number of unbranched alkanes of at least 4 members (excludes halogenated alkanes) is 2. The second-order valence-electron chi connectivity index (χ2n) is 9.95. The van der Waals surface area contributed by atoms with E-state index < -0.39 is 17.9 Å². The van der Waals surface area contributed by atoms with Gasteiger partial charge in [0.2, 0.25) is 0 Å². The number of aryl methyl sites for hydroxylation is 1. The number of hydrogen-bond acceptors (Lipinski definition) is 9. The molecule has 0 aliphatic heterocycles. The smallest absolute Gasteiger partial charge is 0.336 e. The van der Waals surface area contributed by atoms with Crippen molar-refractivity contribution >= 4 is 35.9 Å². The molecule has 0 heterocycles. The maximum atomic E-state index is 12.4. The summed E-state index contributed by atoms with van der Waals surface area (Å²) in [6.45, 7) is 10.3. The molecular formula is C37H39NO8. The molecule has 3 aromatic carbocycles. The quantitative estimate of drug-likeness (QED) is 0.0455. The molecule has 0 aliphatic carbocycles. The van der Waals surface area contributed by atoms with E-state index in [0.29, 0.717) is 50.8 Å². The summed E-state index contributed by atoms with van der Waals surface area (Å²) in [5.41, 5.74) is 3.24. The minimum absolute atomic E-state index is 0.334. The summed E-state index contributed by atoms with van der Waals surface area (Å²) in [6, 6.07) is 20.3. The highest BCUT2D eigenvalue weighted by molar-refractivity contribution is 5.89. The van der Waals surface area contributed by atoms with Crippen LogP contribution in [0.5, 0.6) is 17.2 Å². The Kier molecular flexibility index (Phi) is 15.1. The fraction of sp³-hybridized carbons (Fsp3) is 0.243. The monoisotopic (exact) mass is 625 g/mol. The van der Waals surface area contributed by atoms with Crippen LogP contribution in [0.4, 0.5) is 5.69 Å². The zero-order valence-corrected chi connectivity index (χ0v) is 26.0. The van der Waals surface area contributed by atoms with Crippen LogP contribution in [0.3, 0.4) is 0 Å². The van der Waals surface area contributed by atoms with Gasteiger partial charge in [-0.15, -0.1) is 0 Å². The van der Waals surface area contributed by atoms with E-state index >= 15 is 0 Å². The minimum atomic E-state index is -0.490. The number of carbonyl (C=O) groups excluding carboxylic acids is 3. The van der Waals surface area contributed by atoms with Crippen molar-refractivity contribution in [3.8, 4) is 17.2 Å². The molecule has 0 amide bonds. The molecule has 0 bridgehead atoms. The standard InChI is InChI=1S/C37H39NO8/c1-4-35(39)44-24-8-6-22-42-32-16-10-29(11-17-32)14-21-37(41)46-34-20-15-31(26-28(34)3)38-27-30-12-18-33(19-13-30)43-23-7-9-25-45-36(40)5-2/h4-5,10-21,26-27H,1-2,6-9,22-25H2,3H3/b21-14+,38-27?. The molecule has 0 aliphatic rings. The lowest BCUT2D eigenvalue weighted by atomic mass is 10.2. The van der Waals surface area contributed by atoms with E-state index in [-0.39, 0.29) is 0 Å². The summed E-state index contributed by atoms with van der Waals surface area (Å²) < 4.78 is 26.8. The van der Waals surface area contributed by atoms with Gasteiger partial charge in [0.1, 0.15) is 17.2 Å². The molecule has 0 aromatic heterocycles. The Morgan fingerprint density at radius 3 is 1.72 bits per heavy atom. The molecule has 0 saturated carbocycles. The van der Waals surface area contributed by atoms with Gasteiger partial charge in [-0.1, -0.05) is 25.3 Å². The zero-order valence-electron chi connectivity index (χ0n) is 26.0. The van der Waals surface area contributed by atoms with Gasteiger partial charge in [0, 0.05) is 24.4 Å². The molecule has 0 saturated heterocycles.